The molecule has 2 aromatic rings. The lowest BCUT2D eigenvalue weighted by Crippen LogP contribution is -2.33. The molecule has 0 aliphatic carbocycles. The summed E-state index contributed by atoms with van der Waals surface area (Å²) in [6.07, 6.45) is 6.34. The second kappa shape index (κ2) is 10.6. The van der Waals surface area contributed by atoms with Gasteiger partial charge in [0.25, 0.3) is 0 Å². The quantitative estimate of drug-likeness (QED) is 0.369. The van der Waals surface area contributed by atoms with Crippen LogP contribution in [0.2, 0.25) is 0 Å². The minimum atomic E-state index is -0.464. The van der Waals surface area contributed by atoms with E-state index < -0.39 is 5.60 Å². The lowest BCUT2D eigenvalue weighted by Gasteiger charge is -2.19. The molecule has 8 heteroatoms. The fourth-order valence-corrected chi connectivity index (χ4v) is 2.63. The number of hydrogen-bond acceptors (Lipinski definition) is 5. The lowest BCUT2D eigenvalue weighted by atomic mass is 10.2. The van der Waals surface area contributed by atoms with E-state index in [1.807, 2.05) is 81.0 Å². The van der Waals surface area contributed by atoms with Crippen molar-refractivity contribution < 1.29 is 14.1 Å². The van der Waals surface area contributed by atoms with Gasteiger partial charge in [-0.15, -0.1) is 0 Å². The molecule has 0 aliphatic rings. The van der Waals surface area contributed by atoms with E-state index in [1.165, 1.54) is 0 Å². The third kappa shape index (κ3) is 8.33. The van der Waals surface area contributed by atoms with Gasteiger partial charge in [0.15, 0.2) is 0 Å². The highest BCUT2D eigenvalue weighted by atomic mass is 16.6. The number of unbranched alkanes of at least 4 members (excludes halogenated alkanes) is 2. The molecule has 0 unspecified atom stereocenters. The van der Waals surface area contributed by atoms with Crippen LogP contribution < -0.4 is 14.8 Å². The monoisotopic (exact) mass is 401 g/mol. The number of ether oxygens (including phenoxy) is 1. The average Bonchev–Trinajstić information content (AvgIpc) is 3.09. The molecule has 0 saturated heterocycles. The number of aromatic amines is 1. The molecule has 1 aromatic carbocycles. The minimum absolute atomic E-state index is 0.362. The number of nitrogens with one attached hydrogen (secondary N) is 2. The van der Waals surface area contributed by atoms with Crippen molar-refractivity contribution in [3.8, 4) is 0 Å². The summed E-state index contributed by atoms with van der Waals surface area (Å²) >= 11 is 0. The third-order valence-electron chi connectivity index (χ3n) is 4.11. The van der Waals surface area contributed by atoms with Crippen molar-refractivity contribution in [2.24, 2.45) is 10.2 Å². The van der Waals surface area contributed by atoms with Crippen LogP contribution >= 0.6 is 0 Å². The van der Waals surface area contributed by atoms with E-state index in [9.17, 15) is 4.79 Å². The zero-order valence-corrected chi connectivity index (χ0v) is 18.1. The van der Waals surface area contributed by atoms with Gasteiger partial charge in [-0.05, 0) is 64.3 Å². The van der Waals surface area contributed by atoms with E-state index in [2.05, 4.69) is 20.5 Å². The highest BCUT2D eigenvalue weighted by Crippen LogP contribution is 2.19. The Labute approximate surface area is 173 Å². The summed E-state index contributed by atoms with van der Waals surface area (Å²) in [5, 5.41) is 11.4. The lowest BCUT2D eigenvalue weighted by molar-refractivity contribution is -0.683. The Balaban J connectivity index is 1.73. The number of rotatable bonds is 9. The summed E-state index contributed by atoms with van der Waals surface area (Å²) < 4.78 is 7.26. The van der Waals surface area contributed by atoms with Crippen LogP contribution in [0.5, 0.6) is 0 Å². The maximum Gasteiger partial charge on any atom is 0.419 e. The first kappa shape index (κ1) is 22.4. The first-order chi connectivity index (χ1) is 13.7. The SMILES string of the molecule is CN(C)c1ccc(N=Nc2[nH]cc[n+]2CCCCCNC(=O)OC(C)(C)C)cc1. The number of benzene rings is 1. The normalized spacial score (nSPS) is 11.6. The number of H-pyrrole nitrogens is 1. The first-order valence-corrected chi connectivity index (χ1v) is 9.97. The van der Waals surface area contributed by atoms with Crippen LogP contribution in [0.15, 0.2) is 46.9 Å². The summed E-state index contributed by atoms with van der Waals surface area (Å²) in [7, 11) is 4.01. The van der Waals surface area contributed by atoms with Gasteiger partial charge in [0.05, 0.1) is 18.9 Å². The Morgan fingerprint density at radius 2 is 1.86 bits per heavy atom. The summed E-state index contributed by atoms with van der Waals surface area (Å²) in [5.41, 5.74) is 1.47. The van der Waals surface area contributed by atoms with Gasteiger partial charge >= 0.3 is 12.0 Å². The number of aromatic nitrogens is 2. The topological polar surface area (TPSA) is 86.0 Å². The van der Waals surface area contributed by atoms with E-state index in [0.717, 1.165) is 37.2 Å². The zero-order valence-electron chi connectivity index (χ0n) is 18.1. The average molecular weight is 402 g/mol. The molecule has 8 nitrogen and oxygen atoms in total. The van der Waals surface area contributed by atoms with Crippen LogP contribution in [0, 0.1) is 0 Å². The van der Waals surface area contributed by atoms with Crippen molar-refractivity contribution in [3.05, 3.63) is 36.7 Å². The summed E-state index contributed by atoms with van der Waals surface area (Å²) in [6.45, 7) is 7.02. The molecular weight excluding hydrogens is 368 g/mol. The fraction of sp³-hybridized carbons (Fsp3) is 0.524. The summed E-state index contributed by atoms with van der Waals surface area (Å²) in [5.74, 6) is 0.716. The van der Waals surface area contributed by atoms with Gasteiger partial charge in [0, 0.05) is 31.4 Å². The Morgan fingerprint density at radius 1 is 1.14 bits per heavy atom. The van der Waals surface area contributed by atoms with Gasteiger partial charge in [-0.1, -0.05) is 5.11 Å². The first-order valence-electron chi connectivity index (χ1n) is 9.97. The standard InChI is InChI=1S/C21H32N6O2/c1-21(2,3)29-20(28)23-13-7-6-8-15-27-16-14-22-19(27)25-24-17-9-11-18(12-10-17)26(4)5/h9-12,14,16H,6-8,13,15H2,1-5H3,(H,23,28)/p+1. The van der Waals surface area contributed by atoms with Crippen LogP contribution in [-0.2, 0) is 11.3 Å². The molecule has 2 N–H and O–H groups in total. The molecule has 29 heavy (non-hydrogen) atoms. The van der Waals surface area contributed by atoms with E-state index in [1.54, 1.807) is 0 Å². The van der Waals surface area contributed by atoms with E-state index in [4.69, 9.17) is 4.74 Å². The molecule has 0 spiro atoms. The van der Waals surface area contributed by atoms with Crippen LogP contribution in [0.4, 0.5) is 22.1 Å². The molecule has 2 rings (SSSR count). The van der Waals surface area contributed by atoms with E-state index >= 15 is 0 Å². The summed E-state index contributed by atoms with van der Waals surface area (Å²) in [6, 6.07) is 7.93. The van der Waals surface area contributed by atoms with Gasteiger partial charge in [-0.2, -0.15) is 0 Å². The van der Waals surface area contributed by atoms with E-state index in [0.29, 0.717) is 12.5 Å². The van der Waals surface area contributed by atoms with Crippen molar-refractivity contribution in [2.45, 2.75) is 52.2 Å². The summed E-state index contributed by atoms with van der Waals surface area (Å²) in [4.78, 5) is 16.8. The second-order valence-electron chi connectivity index (χ2n) is 8.08. The smallest absolute Gasteiger partial charge is 0.419 e. The number of alkyl carbamates (subject to hydrolysis) is 1. The molecule has 0 fully saturated rings. The molecule has 0 radical (unpaired) electrons. The number of anilines is 1. The van der Waals surface area contributed by atoms with Gasteiger partial charge < -0.3 is 15.0 Å². The predicted molar refractivity (Wildman–Crippen MR) is 114 cm³/mol. The molecule has 0 aliphatic heterocycles. The second-order valence-corrected chi connectivity index (χ2v) is 8.08. The highest BCUT2D eigenvalue weighted by Gasteiger charge is 2.15. The Kier molecular flexibility index (Phi) is 8.18. The Hall–Kier alpha value is -2.90. The van der Waals surface area contributed by atoms with Crippen molar-refractivity contribution >= 4 is 23.4 Å². The fourth-order valence-electron chi connectivity index (χ4n) is 2.63. The Bertz CT molecular complexity index is 790. The molecule has 158 valence electrons. The van der Waals surface area contributed by atoms with Crippen molar-refractivity contribution in [3.63, 3.8) is 0 Å². The van der Waals surface area contributed by atoms with Crippen LogP contribution in [0.3, 0.4) is 0 Å². The number of carbonyl (C=O) groups excluding carboxylic acids is 1. The third-order valence-corrected chi connectivity index (χ3v) is 4.11. The van der Waals surface area contributed by atoms with Gasteiger partial charge in [-0.25, -0.2) is 14.3 Å². The highest BCUT2D eigenvalue weighted by molar-refractivity contribution is 5.67. The van der Waals surface area contributed by atoms with Crippen LogP contribution in [-0.4, -0.2) is 37.3 Å². The zero-order chi connectivity index (χ0) is 21.3. The number of amides is 1. The van der Waals surface area contributed by atoms with Crippen LogP contribution in [0.25, 0.3) is 0 Å². The number of hydrogen-bond donors (Lipinski definition) is 2. The van der Waals surface area contributed by atoms with Crippen molar-refractivity contribution in [2.75, 3.05) is 25.5 Å². The predicted octanol–water partition coefficient (Wildman–Crippen LogP) is 4.48. The van der Waals surface area contributed by atoms with Crippen molar-refractivity contribution in [1.29, 1.82) is 0 Å². The van der Waals surface area contributed by atoms with Gasteiger partial charge in [0.1, 0.15) is 11.3 Å². The molecule has 0 saturated carbocycles. The van der Waals surface area contributed by atoms with Gasteiger partial charge in [-0.3, -0.25) is 0 Å². The number of aryl methyl sites for hydroxylation is 1. The number of nitrogens with zero attached hydrogens (tertiary/aromatic N) is 4. The van der Waals surface area contributed by atoms with Gasteiger partial charge in [0.2, 0.25) is 0 Å². The largest absolute Gasteiger partial charge is 0.444 e. The molecule has 1 amide bonds. The molecule has 0 bridgehead atoms. The number of imidazole rings is 1. The van der Waals surface area contributed by atoms with Crippen LogP contribution in [0.1, 0.15) is 40.0 Å². The Morgan fingerprint density at radius 3 is 2.52 bits per heavy atom. The molecule has 0 atom stereocenters. The maximum absolute atomic E-state index is 11.6. The van der Waals surface area contributed by atoms with E-state index in [-0.39, 0.29) is 6.09 Å². The molecular formula is C21H33N6O2+. The molecule has 1 aromatic heterocycles. The van der Waals surface area contributed by atoms with Crippen molar-refractivity contribution in [1.82, 2.24) is 10.3 Å². The number of carbonyl (C=O) groups is 1. The maximum atomic E-state index is 11.6. The number of azo groups is 1. The minimum Gasteiger partial charge on any atom is -0.444 e. The molecule has 1 heterocycles.